The molecule has 102 valence electrons. The molecule has 2 N–H and O–H groups in total. The largest absolute Gasteiger partial charge is 0.478 e. The van der Waals surface area contributed by atoms with Crippen molar-refractivity contribution in [1.82, 2.24) is 0 Å². The Kier molecular flexibility index (Phi) is 3.57. The van der Waals surface area contributed by atoms with Crippen molar-refractivity contribution in [3.05, 3.63) is 35.7 Å². The van der Waals surface area contributed by atoms with Crippen molar-refractivity contribution in [2.45, 2.75) is 18.1 Å². The van der Waals surface area contributed by atoms with Crippen molar-refractivity contribution in [3.63, 3.8) is 0 Å². The minimum absolute atomic E-state index is 0.0803. The molecule has 2 rings (SSSR count). The van der Waals surface area contributed by atoms with E-state index in [2.05, 4.69) is 4.72 Å². The van der Waals surface area contributed by atoms with Gasteiger partial charge in [0, 0.05) is 11.6 Å². The number of nitrogens with one attached hydrogen (secondary N) is 1. The van der Waals surface area contributed by atoms with Gasteiger partial charge in [0.1, 0.15) is 5.82 Å². The zero-order valence-electron chi connectivity index (χ0n) is 9.84. The highest BCUT2D eigenvalue weighted by Crippen LogP contribution is 2.30. The molecule has 0 unspecified atom stereocenters. The highest BCUT2D eigenvalue weighted by atomic mass is 32.2. The van der Waals surface area contributed by atoms with Gasteiger partial charge in [-0.2, -0.15) is 0 Å². The van der Waals surface area contributed by atoms with E-state index in [-0.39, 0.29) is 16.5 Å². The van der Waals surface area contributed by atoms with Gasteiger partial charge in [0.2, 0.25) is 10.0 Å². The average molecular weight is 285 g/mol. The molecule has 5 nitrogen and oxygen atoms in total. The summed E-state index contributed by atoms with van der Waals surface area (Å²) in [7, 11) is -3.42. The Labute approximate surface area is 109 Å². The summed E-state index contributed by atoms with van der Waals surface area (Å²) in [5, 5.41) is 8.05. The van der Waals surface area contributed by atoms with Crippen LogP contribution in [0.25, 0.3) is 6.08 Å². The molecule has 0 amide bonds. The Balaban J connectivity index is 2.17. The van der Waals surface area contributed by atoms with Crippen molar-refractivity contribution in [2.24, 2.45) is 0 Å². The first-order valence-electron chi connectivity index (χ1n) is 5.61. The minimum Gasteiger partial charge on any atom is -0.478 e. The molecule has 1 aliphatic rings. The number of hydrogen-bond donors (Lipinski definition) is 2. The maximum atomic E-state index is 13.6. The molecule has 0 atom stereocenters. The van der Waals surface area contributed by atoms with E-state index in [0.717, 1.165) is 18.2 Å². The van der Waals surface area contributed by atoms with Gasteiger partial charge >= 0.3 is 5.97 Å². The van der Waals surface area contributed by atoms with Gasteiger partial charge in [0.15, 0.2) is 0 Å². The quantitative estimate of drug-likeness (QED) is 0.808. The van der Waals surface area contributed by atoms with Gasteiger partial charge in [-0.05, 0) is 37.1 Å². The number of anilines is 1. The summed E-state index contributed by atoms with van der Waals surface area (Å²) >= 11 is 0. The monoisotopic (exact) mass is 285 g/mol. The molecule has 1 aromatic carbocycles. The standard InChI is InChI=1S/C12H12FNO4S/c13-11-7-9(14-19(17,18)10-4-5-10)3-1-8(11)2-6-12(15)16/h1-3,6-7,10,14H,4-5H2,(H,15,16). The molecule has 0 radical (unpaired) electrons. The van der Waals surface area contributed by atoms with Gasteiger partial charge < -0.3 is 5.11 Å². The fourth-order valence-electron chi connectivity index (χ4n) is 1.51. The van der Waals surface area contributed by atoms with Gasteiger partial charge in [0.05, 0.1) is 10.9 Å². The second kappa shape index (κ2) is 5.00. The first-order valence-corrected chi connectivity index (χ1v) is 7.15. The van der Waals surface area contributed by atoms with E-state index >= 15 is 0 Å². The Hall–Kier alpha value is -1.89. The molecule has 0 bridgehead atoms. The first kappa shape index (κ1) is 13.5. The van der Waals surface area contributed by atoms with Gasteiger partial charge in [-0.1, -0.05) is 0 Å². The summed E-state index contributed by atoms with van der Waals surface area (Å²) in [4.78, 5) is 10.3. The zero-order chi connectivity index (χ0) is 14.0. The average Bonchev–Trinajstić information content (AvgIpc) is 3.11. The molecule has 0 saturated heterocycles. The predicted octanol–water partition coefficient (Wildman–Crippen LogP) is 1.83. The molecule has 1 aromatic rings. The predicted molar refractivity (Wildman–Crippen MR) is 68.6 cm³/mol. The second-order valence-electron chi connectivity index (χ2n) is 4.25. The van der Waals surface area contributed by atoms with E-state index in [4.69, 9.17) is 5.11 Å². The third kappa shape index (κ3) is 3.54. The lowest BCUT2D eigenvalue weighted by atomic mass is 10.2. The lowest BCUT2D eigenvalue weighted by molar-refractivity contribution is -0.131. The van der Waals surface area contributed by atoms with Crippen molar-refractivity contribution >= 4 is 27.8 Å². The molecule has 0 aromatic heterocycles. The minimum atomic E-state index is -3.42. The molecule has 1 saturated carbocycles. The summed E-state index contributed by atoms with van der Waals surface area (Å²) in [5.41, 5.74) is 0.216. The summed E-state index contributed by atoms with van der Waals surface area (Å²) < 4.78 is 39.2. The maximum Gasteiger partial charge on any atom is 0.328 e. The third-order valence-corrected chi connectivity index (χ3v) is 4.50. The lowest BCUT2D eigenvalue weighted by Gasteiger charge is -2.07. The molecule has 0 aliphatic heterocycles. The Morgan fingerprint density at radius 2 is 2.11 bits per heavy atom. The fraction of sp³-hybridized carbons (Fsp3) is 0.250. The van der Waals surface area contributed by atoms with Crippen LogP contribution in [0.5, 0.6) is 0 Å². The molecular weight excluding hydrogens is 273 g/mol. The van der Waals surface area contributed by atoms with E-state index in [1.54, 1.807) is 0 Å². The normalized spacial score (nSPS) is 15.6. The number of carboxylic acids is 1. The van der Waals surface area contributed by atoms with Crippen molar-refractivity contribution in [2.75, 3.05) is 4.72 Å². The van der Waals surface area contributed by atoms with Crippen LogP contribution in [0.1, 0.15) is 18.4 Å². The van der Waals surface area contributed by atoms with Crippen LogP contribution in [0.4, 0.5) is 10.1 Å². The van der Waals surface area contributed by atoms with E-state index in [1.165, 1.54) is 12.1 Å². The number of carboxylic acid groups (broad SMARTS) is 1. The summed E-state index contributed by atoms with van der Waals surface area (Å²) in [6.07, 6.45) is 3.16. The van der Waals surface area contributed by atoms with E-state index in [9.17, 15) is 17.6 Å². The number of halogens is 1. The molecular formula is C12H12FNO4S. The van der Waals surface area contributed by atoms with Crippen LogP contribution in [0, 0.1) is 5.82 Å². The molecule has 0 heterocycles. The smallest absolute Gasteiger partial charge is 0.328 e. The van der Waals surface area contributed by atoms with Crippen LogP contribution in [0.2, 0.25) is 0 Å². The van der Waals surface area contributed by atoms with Gasteiger partial charge in [-0.3, -0.25) is 4.72 Å². The first-order chi connectivity index (χ1) is 8.88. The number of sulfonamides is 1. The Morgan fingerprint density at radius 3 is 2.63 bits per heavy atom. The van der Waals surface area contributed by atoms with Gasteiger partial charge in [-0.25, -0.2) is 17.6 Å². The molecule has 0 spiro atoms. The molecule has 1 aliphatic carbocycles. The summed E-state index contributed by atoms with van der Waals surface area (Å²) in [6, 6.07) is 3.74. The van der Waals surface area contributed by atoms with Crippen LogP contribution in [-0.2, 0) is 14.8 Å². The van der Waals surface area contributed by atoms with Gasteiger partial charge in [-0.15, -0.1) is 0 Å². The lowest BCUT2D eigenvalue weighted by Crippen LogP contribution is -2.17. The van der Waals surface area contributed by atoms with Crippen molar-refractivity contribution in [1.29, 1.82) is 0 Å². The van der Waals surface area contributed by atoms with Crippen LogP contribution in [0.15, 0.2) is 24.3 Å². The molecule has 7 heteroatoms. The number of rotatable bonds is 5. The number of carbonyl (C=O) groups is 1. The van der Waals surface area contributed by atoms with Gasteiger partial charge in [0.25, 0.3) is 0 Å². The van der Waals surface area contributed by atoms with Crippen LogP contribution in [0.3, 0.4) is 0 Å². The topological polar surface area (TPSA) is 83.5 Å². The Bertz CT molecular complexity index is 635. The Morgan fingerprint density at radius 1 is 1.42 bits per heavy atom. The summed E-state index contributed by atoms with van der Waals surface area (Å²) in [6.45, 7) is 0. The van der Waals surface area contributed by atoms with Crippen LogP contribution < -0.4 is 4.72 Å². The third-order valence-electron chi connectivity index (χ3n) is 2.63. The highest BCUT2D eigenvalue weighted by Gasteiger charge is 2.35. The van der Waals surface area contributed by atoms with E-state index < -0.39 is 21.8 Å². The molecule has 1 fully saturated rings. The zero-order valence-corrected chi connectivity index (χ0v) is 10.7. The van der Waals surface area contributed by atoms with Crippen LogP contribution in [-0.4, -0.2) is 24.7 Å². The number of hydrogen-bond acceptors (Lipinski definition) is 3. The van der Waals surface area contributed by atoms with E-state index in [1.807, 2.05) is 0 Å². The fourth-order valence-corrected chi connectivity index (χ4v) is 2.89. The SMILES string of the molecule is O=C(O)C=Cc1ccc(NS(=O)(=O)C2CC2)cc1F. The van der Waals surface area contributed by atoms with E-state index in [0.29, 0.717) is 12.8 Å². The summed E-state index contributed by atoms with van der Waals surface area (Å²) in [5.74, 6) is -1.87. The molecule has 19 heavy (non-hydrogen) atoms. The second-order valence-corrected chi connectivity index (χ2v) is 6.22. The number of benzene rings is 1. The van der Waals surface area contributed by atoms with Crippen molar-refractivity contribution < 1.29 is 22.7 Å². The highest BCUT2D eigenvalue weighted by molar-refractivity contribution is 7.93. The van der Waals surface area contributed by atoms with Crippen LogP contribution >= 0.6 is 0 Å². The van der Waals surface area contributed by atoms with Crippen molar-refractivity contribution in [3.8, 4) is 0 Å². The number of aliphatic carboxylic acids is 1. The maximum absolute atomic E-state index is 13.6.